The number of hydrogen-bond acceptors (Lipinski definition) is 2. The average Bonchev–Trinajstić information content (AvgIpc) is 2.60. The summed E-state index contributed by atoms with van der Waals surface area (Å²) < 4.78 is 0. The second-order valence-corrected chi connectivity index (χ2v) is 3.89. The number of aryl methyl sites for hydroxylation is 1. The summed E-state index contributed by atoms with van der Waals surface area (Å²) in [7, 11) is 0. The Balaban J connectivity index is 2.16. The predicted molar refractivity (Wildman–Crippen MR) is 64.2 cm³/mol. The van der Waals surface area contributed by atoms with E-state index in [0.29, 0.717) is 0 Å². The number of fused-ring (bicyclic) bond motifs is 1. The molecule has 2 aromatic rings. The zero-order valence-corrected chi connectivity index (χ0v) is 9.30. The number of hydrogen-bond donors (Lipinski definition) is 2. The highest BCUT2D eigenvalue weighted by Crippen LogP contribution is 2.15. The molecule has 0 atom stereocenters. The first-order chi connectivity index (χ1) is 7.29. The first-order valence-corrected chi connectivity index (χ1v) is 5.50. The van der Waals surface area contributed by atoms with Crippen LogP contribution in [0.25, 0.3) is 11.0 Å². The van der Waals surface area contributed by atoms with Crippen LogP contribution in [0.5, 0.6) is 0 Å². The Morgan fingerprint density at radius 1 is 1.40 bits per heavy atom. The topological polar surface area (TPSA) is 40.7 Å². The molecule has 1 aromatic heterocycles. The summed E-state index contributed by atoms with van der Waals surface area (Å²) in [5.41, 5.74) is 3.39. The average molecular weight is 203 g/mol. The lowest BCUT2D eigenvalue weighted by atomic mass is 10.2. The van der Waals surface area contributed by atoms with Gasteiger partial charge in [-0.3, -0.25) is 0 Å². The molecule has 0 aliphatic heterocycles. The fraction of sp³-hybridized carbons (Fsp3) is 0.417. The van der Waals surface area contributed by atoms with Crippen molar-refractivity contribution in [2.24, 2.45) is 0 Å². The Morgan fingerprint density at radius 3 is 3.07 bits per heavy atom. The highest BCUT2D eigenvalue weighted by molar-refractivity contribution is 5.78. The first-order valence-electron chi connectivity index (χ1n) is 5.50. The van der Waals surface area contributed by atoms with Crippen molar-refractivity contribution in [1.82, 2.24) is 9.97 Å². The second kappa shape index (κ2) is 4.34. The molecule has 0 saturated carbocycles. The number of nitrogens with one attached hydrogen (secondary N) is 2. The SMILES string of the molecule is CCCCNc1nc2ccc(C)cc2[nH]1. The molecule has 3 nitrogen and oxygen atoms in total. The maximum absolute atomic E-state index is 4.46. The van der Waals surface area contributed by atoms with E-state index in [2.05, 4.69) is 41.3 Å². The highest BCUT2D eigenvalue weighted by atomic mass is 15.1. The number of benzene rings is 1. The van der Waals surface area contributed by atoms with E-state index >= 15 is 0 Å². The molecule has 2 N–H and O–H groups in total. The van der Waals surface area contributed by atoms with Gasteiger partial charge in [0.25, 0.3) is 0 Å². The fourth-order valence-corrected chi connectivity index (χ4v) is 1.59. The molecule has 15 heavy (non-hydrogen) atoms. The lowest BCUT2D eigenvalue weighted by molar-refractivity contribution is 0.829. The van der Waals surface area contributed by atoms with Gasteiger partial charge in [0.15, 0.2) is 0 Å². The minimum absolute atomic E-state index is 0.879. The zero-order valence-electron chi connectivity index (χ0n) is 9.30. The molecule has 1 heterocycles. The zero-order chi connectivity index (χ0) is 10.7. The second-order valence-electron chi connectivity index (χ2n) is 3.89. The molecule has 1 aromatic carbocycles. The summed E-state index contributed by atoms with van der Waals surface area (Å²) in [5, 5.41) is 3.29. The van der Waals surface area contributed by atoms with Gasteiger partial charge in [-0.1, -0.05) is 19.4 Å². The standard InChI is InChI=1S/C12H17N3/c1-3-4-7-13-12-14-10-6-5-9(2)8-11(10)15-12/h5-6,8H,3-4,7H2,1-2H3,(H2,13,14,15). The third-order valence-electron chi connectivity index (χ3n) is 2.46. The number of unbranched alkanes of at least 4 members (excludes halogenated alkanes) is 1. The third kappa shape index (κ3) is 2.29. The smallest absolute Gasteiger partial charge is 0.201 e. The van der Waals surface area contributed by atoms with E-state index in [1.165, 1.54) is 18.4 Å². The Bertz CT molecular complexity index is 445. The lowest BCUT2D eigenvalue weighted by Crippen LogP contribution is -2.01. The quantitative estimate of drug-likeness (QED) is 0.750. The maximum Gasteiger partial charge on any atom is 0.201 e. The predicted octanol–water partition coefficient (Wildman–Crippen LogP) is 3.08. The molecular formula is C12H17N3. The van der Waals surface area contributed by atoms with Gasteiger partial charge in [-0.15, -0.1) is 0 Å². The van der Waals surface area contributed by atoms with Crippen LogP contribution >= 0.6 is 0 Å². The van der Waals surface area contributed by atoms with Crippen LogP contribution in [0.4, 0.5) is 5.95 Å². The van der Waals surface area contributed by atoms with Crippen LogP contribution < -0.4 is 5.32 Å². The van der Waals surface area contributed by atoms with Gasteiger partial charge >= 0.3 is 0 Å². The summed E-state index contributed by atoms with van der Waals surface area (Å²) in [4.78, 5) is 7.73. The van der Waals surface area contributed by atoms with Gasteiger partial charge in [-0.05, 0) is 31.0 Å². The van der Waals surface area contributed by atoms with Crippen LogP contribution in [0, 0.1) is 6.92 Å². The normalized spacial score (nSPS) is 10.8. The van der Waals surface area contributed by atoms with Crippen molar-refractivity contribution < 1.29 is 0 Å². The van der Waals surface area contributed by atoms with E-state index in [0.717, 1.165) is 23.5 Å². The van der Waals surface area contributed by atoms with Crippen molar-refractivity contribution >= 4 is 17.0 Å². The molecule has 0 aliphatic rings. The number of rotatable bonds is 4. The summed E-state index contributed by atoms with van der Waals surface area (Å²) in [6.45, 7) is 5.25. The maximum atomic E-state index is 4.46. The molecule has 0 saturated heterocycles. The van der Waals surface area contributed by atoms with Gasteiger partial charge in [0.2, 0.25) is 5.95 Å². The van der Waals surface area contributed by atoms with Gasteiger partial charge in [-0.25, -0.2) is 4.98 Å². The monoisotopic (exact) mass is 203 g/mol. The van der Waals surface area contributed by atoms with Crippen molar-refractivity contribution in [2.75, 3.05) is 11.9 Å². The first kappa shape index (κ1) is 10.0. The van der Waals surface area contributed by atoms with Gasteiger partial charge < -0.3 is 10.3 Å². The van der Waals surface area contributed by atoms with Gasteiger partial charge in [0, 0.05) is 6.54 Å². The Morgan fingerprint density at radius 2 is 2.27 bits per heavy atom. The van der Waals surface area contributed by atoms with Crippen molar-refractivity contribution in [3.05, 3.63) is 23.8 Å². The third-order valence-corrected chi connectivity index (χ3v) is 2.46. The summed E-state index contributed by atoms with van der Waals surface area (Å²) in [6, 6.07) is 6.25. The van der Waals surface area contributed by atoms with Crippen molar-refractivity contribution in [3.63, 3.8) is 0 Å². The Hall–Kier alpha value is -1.51. The Labute approximate surface area is 89.9 Å². The van der Waals surface area contributed by atoms with Crippen molar-refractivity contribution in [1.29, 1.82) is 0 Å². The molecule has 0 spiro atoms. The summed E-state index contributed by atoms with van der Waals surface area (Å²) in [5.74, 6) is 0.879. The van der Waals surface area contributed by atoms with Crippen LogP contribution in [-0.4, -0.2) is 16.5 Å². The molecule has 0 bridgehead atoms. The minimum atomic E-state index is 0.879. The molecule has 0 amide bonds. The summed E-state index contributed by atoms with van der Waals surface area (Å²) >= 11 is 0. The number of aromatic amines is 1. The molecule has 0 unspecified atom stereocenters. The van der Waals surface area contributed by atoms with Gasteiger partial charge in [0.1, 0.15) is 0 Å². The molecular weight excluding hydrogens is 186 g/mol. The lowest BCUT2D eigenvalue weighted by Gasteiger charge is -1.98. The number of anilines is 1. The van der Waals surface area contributed by atoms with E-state index in [9.17, 15) is 0 Å². The van der Waals surface area contributed by atoms with E-state index in [4.69, 9.17) is 0 Å². The van der Waals surface area contributed by atoms with Crippen molar-refractivity contribution in [3.8, 4) is 0 Å². The molecule has 0 fully saturated rings. The van der Waals surface area contributed by atoms with E-state index in [1.54, 1.807) is 0 Å². The van der Waals surface area contributed by atoms with Crippen LogP contribution in [-0.2, 0) is 0 Å². The van der Waals surface area contributed by atoms with E-state index in [-0.39, 0.29) is 0 Å². The number of nitrogens with zero attached hydrogens (tertiary/aromatic N) is 1. The summed E-state index contributed by atoms with van der Waals surface area (Å²) in [6.07, 6.45) is 2.38. The van der Waals surface area contributed by atoms with Crippen LogP contribution in [0.2, 0.25) is 0 Å². The van der Waals surface area contributed by atoms with Crippen LogP contribution in [0.15, 0.2) is 18.2 Å². The van der Waals surface area contributed by atoms with Crippen LogP contribution in [0.1, 0.15) is 25.3 Å². The van der Waals surface area contributed by atoms with Gasteiger partial charge in [-0.2, -0.15) is 0 Å². The van der Waals surface area contributed by atoms with E-state index < -0.39 is 0 Å². The minimum Gasteiger partial charge on any atom is -0.356 e. The highest BCUT2D eigenvalue weighted by Gasteiger charge is 2.01. The number of H-pyrrole nitrogens is 1. The molecule has 0 radical (unpaired) electrons. The fourth-order valence-electron chi connectivity index (χ4n) is 1.59. The molecule has 2 rings (SSSR count). The number of imidazole rings is 1. The van der Waals surface area contributed by atoms with Crippen LogP contribution in [0.3, 0.4) is 0 Å². The molecule has 3 heteroatoms. The Kier molecular flexibility index (Phi) is 2.90. The number of aromatic nitrogens is 2. The van der Waals surface area contributed by atoms with E-state index in [1.807, 2.05) is 6.07 Å². The van der Waals surface area contributed by atoms with Gasteiger partial charge in [0.05, 0.1) is 11.0 Å². The largest absolute Gasteiger partial charge is 0.356 e. The molecule has 0 aliphatic carbocycles. The van der Waals surface area contributed by atoms with Crippen molar-refractivity contribution in [2.45, 2.75) is 26.7 Å². The molecule has 80 valence electrons.